The van der Waals surface area contributed by atoms with Crippen molar-refractivity contribution in [2.45, 2.75) is 13.0 Å². The molecule has 1 aliphatic rings. The monoisotopic (exact) mass is 354 g/mol. The molecule has 0 atom stereocenters. The first kappa shape index (κ1) is 18.9. The number of halogens is 2. The second-order valence-electron chi connectivity index (χ2n) is 5.76. The third-order valence-electron chi connectivity index (χ3n) is 4.10. The first-order chi connectivity index (χ1) is 11.3. The lowest BCUT2D eigenvalue weighted by Crippen LogP contribution is -2.37. The number of aromatic nitrogens is 2. The van der Waals surface area contributed by atoms with Gasteiger partial charge >= 0.3 is 0 Å². The van der Waals surface area contributed by atoms with E-state index in [9.17, 15) is 4.39 Å². The number of H-pyrrole nitrogens is 1. The molecule has 1 aromatic carbocycles. The van der Waals surface area contributed by atoms with Crippen LogP contribution in [-0.2, 0) is 11.3 Å². The minimum Gasteiger partial charge on any atom is -0.379 e. The smallest absolute Gasteiger partial charge is 0.123 e. The summed E-state index contributed by atoms with van der Waals surface area (Å²) in [5.41, 5.74) is 3.00. The summed E-state index contributed by atoms with van der Waals surface area (Å²) < 4.78 is 18.4. The maximum absolute atomic E-state index is 13.0. The molecule has 0 aliphatic carbocycles. The minimum atomic E-state index is -0.226. The van der Waals surface area contributed by atoms with Crippen molar-refractivity contribution in [2.75, 3.05) is 39.4 Å². The minimum absolute atomic E-state index is 0. The molecule has 24 heavy (non-hydrogen) atoms. The Labute approximate surface area is 148 Å². The van der Waals surface area contributed by atoms with E-state index in [2.05, 4.69) is 20.4 Å². The van der Waals surface area contributed by atoms with Gasteiger partial charge in [0, 0.05) is 30.8 Å². The molecule has 0 bridgehead atoms. The summed E-state index contributed by atoms with van der Waals surface area (Å²) in [5, 5.41) is 10.6. The molecule has 0 saturated carbocycles. The molecule has 0 amide bonds. The van der Waals surface area contributed by atoms with Gasteiger partial charge in [-0.15, -0.1) is 12.4 Å². The Balaban J connectivity index is 0.00000208. The number of nitrogens with one attached hydrogen (secondary N) is 2. The Morgan fingerprint density at radius 1 is 1.21 bits per heavy atom. The number of hydrogen-bond acceptors (Lipinski definition) is 4. The zero-order valence-electron chi connectivity index (χ0n) is 13.6. The van der Waals surface area contributed by atoms with Crippen LogP contribution in [0.25, 0.3) is 11.3 Å². The summed E-state index contributed by atoms with van der Waals surface area (Å²) in [6, 6.07) is 6.47. The number of ether oxygens (including phenoxy) is 1. The second kappa shape index (κ2) is 9.74. The van der Waals surface area contributed by atoms with Crippen molar-refractivity contribution in [1.29, 1.82) is 0 Å². The fraction of sp³-hybridized carbons (Fsp3) is 0.471. The van der Waals surface area contributed by atoms with Gasteiger partial charge in [-0.1, -0.05) is 0 Å². The van der Waals surface area contributed by atoms with Crippen LogP contribution >= 0.6 is 12.4 Å². The lowest BCUT2D eigenvalue weighted by Gasteiger charge is -2.26. The molecule has 3 rings (SSSR count). The fourth-order valence-electron chi connectivity index (χ4n) is 2.79. The zero-order chi connectivity index (χ0) is 15.9. The van der Waals surface area contributed by atoms with E-state index in [4.69, 9.17) is 4.74 Å². The van der Waals surface area contributed by atoms with Crippen LogP contribution in [0, 0.1) is 5.82 Å². The van der Waals surface area contributed by atoms with E-state index in [0.29, 0.717) is 0 Å². The van der Waals surface area contributed by atoms with E-state index in [0.717, 1.165) is 69.2 Å². The molecular weight excluding hydrogens is 331 g/mol. The van der Waals surface area contributed by atoms with Gasteiger partial charge in [-0.25, -0.2) is 4.39 Å². The summed E-state index contributed by atoms with van der Waals surface area (Å²) in [6.07, 6.45) is 2.94. The second-order valence-corrected chi connectivity index (χ2v) is 5.76. The predicted octanol–water partition coefficient (Wildman–Crippen LogP) is 2.45. The molecule has 1 aliphatic heterocycles. The van der Waals surface area contributed by atoms with E-state index in [-0.39, 0.29) is 18.2 Å². The third kappa shape index (κ3) is 5.27. The highest BCUT2D eigenvalue weighted by molar-refractivity contribution is 5.85. The van der Waals surface area contributed by atoms with Crippen LogP contribution in [0.2, 0.25) is 0 Å². The maximum atomic E-state index is 13.0. The van der Waals surface area contributed by atoms with Gasteiger partial charge < -0.3 is 10.1 Å². The van der Waals surface area contributed by atoms with Crippen LogP contribution in [0.5, 0.6) is 0 Å². The van der Waals surface area contributed by atoms with Crippen molar-refractivity contribution < 1.29 is 9.13 Å². The van der Waals surface area contributed by atoms with Gasteiger partial charge in [-0.05, 0) is 43.8 Å². The number of aromatic amines is 1. The predicted molar refractivity (Wildman–Crippen MR) is 94.8 cm³/mol. The topological polar surface area (TPSA) is 53.2 Å². The van der Waals surface area contributed by atoms with Crippen LogP contribution in [-0.4, -0.2) is 54.5 Å². The van der Waals surface area contributed by atoms with E-state index in [1.54, 1.807) is 12.1 Å². The van der Waals surface area contributed by atoms with Crippen molar-refractivity contribution in [3.05, 3.63) is 41.8 Å². The molecule has 132 valence electrons. The van der Waals surface area contributed by atoms with Crippen molar-refractivity contribution in [3.63, 3.8) is 0 Å². The van der Waals surface area contributed by atoms with Crippen LogP contribution in [0.3, 0.4) is 0 Å². The molecule has 2 aromatic rings. The van der Waals surface area contributed by atoms with Gasteiger partial charge in [0.25, 0.3) is 0 Å². The zero-order valence-corrected chi connectivity index (χ0v) is 14.4. The van der Waals surface area contributed by atoms with Gasteiger partial charge in [0.2, 0.25) is 0 Å². The molecule has 0 unspecified atom stereocenters. The first-order valence-corrected chi connectivity index (χ1v) is 8.12. The highest BCUT2D eigenvalue weighted by Gasteiger charge is 2.10. The van der Waals surface area contributed by atoms with Gasteiger partial charge in [-0.2, -0.15) is 5.10 Å². The summed E-state index contributed by atoms with van der Waals surface area (Å²) in [6.45, 7) is 6.60. The fourth-order valence-corrected chi connectivity index (χ4v) is 2.79. The summed E-state index contributed by atoms with van der Waals surface area (Å²) in [4.78, 5) is 2.44. The molecule has 5 nitrogen and oxygen atoms in total. The largest absolute Gasteiger partial charge is 0.379 e. The Kier molecular flexibility index (Phi) is 7.65. The van der Waals surface area contributed by atoms with Gasteiger partial charge in [0.1, 0.15) is 5.82 Å². The molecule has 1 aromatic heterocycles. The molecule has 2 heterocycles. The number of hydrogen-bond donors (Lipinski definition) is 2. The van der Waals surface area contributed by atoms with Gasteiger partial charge in [-0.3, -0.25) is 10.00 Å². The molecule has 7 heteroatoms. The van der Waals surface area contributed by atoms with Gasteiger partial charge in [0.15, 0.2) is 0 Å². The first-order valence-electron chi connectivity index (χ1n) is 8.12. The average molecular weight is 355 g/mol. The highest BCUT2D eigenvalue weighted by atomic mass is 35.5. The SMILES string of the molecule is Cl.Fc1ccc(-c2[nH]ncc2CNCCCN2CCOCC2)cc1. The maximum Gasteiger partial charge on any atom is 0.123 e. The number of morpholine rings is 1. The van der Waals surface area contributed by atoms with E-state index in [1.165, 1.54) is 12.1 Å². The van der Waals surface area contributed by atoms with Crippen molar-refractivity contribution in [1.82, 2.24) is 20.4 Å². The lowest BCUT2D eigenvalue weighted by atomic mass is 10.1. The lowest BCUT2D eigenvalue weighted by molar-refractivity contribution is 0.0374. The number of nitrogens with zero attached hydrogens (tertiary/aromatic N) is 2. The number of benzene rings is 1. The van der Waals surface area contributed by atoms with E-state index >= 15 is 0 Å². The molecule has 2 N–H and O–H groups in total. The average Bonchev–Trinajstić information content (AvgIpc) is 3.05. The Morgan fingerprint density at radius 3 is 2.71 bits per heavy atom. The van der Waals surface area contributed by atoms with Crippen molar-refractivity contribution >= 4 is 12.4 Å². The molecular formula is C17H24ClFN4O. The molecule has 0 radical (unpaired) electrons. The number of rotatable bonds is 7. The normalized spacial score (nSPS) is 15.2. The van der Waals surface area contributed by atoms with Gasteiger partial charge in [0.05, 0.1) is 25.1 Å². The van der Waals surface area contributed by atoms with Crippen LogP contribution in [0.4, 0.5) is 4.39 Å². The molecule has 0 spiro atoms. The van der Waals surface area contributed by atoms with Crippen molar-refractivity contribution in [3.8, 4) is 11.3 Å². The van der Waals surface area contributed by atoms with Crippen molar-refractivity contribution in [2.24, 2.45) is 0 Å². The summed E-state index contributed by atoms with van der Waals surface area (Å²) in [7, 11) is 0. The Morgan fingerprint density at radius 2 is 1.96 bits per heavy atom. The third-order valence-corrected chi connectivity index (χ3v) is 4.10. The molecule has 1 fully saturated rings. The Hall–Kier alpha value is -1.47. The quantitative estimate of drug-likeness (QED) is 0.750. The Bertz CT molecular complexity index is 599. The van der Waals surface area contributed by atoms with E-state index < -0.39 is 0 Å². The molecule has 1 saturated heterocycles. The standard InChI is InChI=1S/C17H23FN4O.ClH/c18-16-4-2-14(3-5-16)17-15(13-20-21-17)12-19-6-1-7-22-8-10-23-11-9-22;/h2-5,13,19H,1,6-12H2,(H,20,21);1H. The summed E-state index contributed by atoms with van der Waals surface area (Å²) in [5.74, 6) is -0.226. The van der Waals surface area contributed by atoms with Crippen LogP contribution in [0.15, 0.2) is 30.5 Å². The van der Waals surface area contributed by atoms with Crippen LogP contribution in [0.1, 0.15) is 12.0 Å². The van der Waals surface area contributed by atoms with Crippen LogP contribution < -0.4 is 5.32 Å². The summed E-state index contributed by atoms with van der Waals surface area (Å²) >= 11 is 0. The highest BCUT2D eigenvalue weighted by Crippen LogP contribution is 2.21. The van der Waals surface area contributed by atoms with E-state index in [1.807, 2.05) is 6.20 Å².